The molecule has 0 aliphatic heterocycles. The van der Waals surface area contributed by atoms with E-state index in [0.717, 1.165) is 31.2 Å². The van der Waals surface area contributed by atoms with Gasteiger partial charge in [-0.15, -0.1) is 0 Å². The maximum absolute atomic E-state index is 13.5. The number of nitrogens with zero attached hydrogens (tertiary/aromatic N) is 2. The maximum atomic E-state index is 13.5. The van der Waals surface area contributed by atoms with Crippen LogP contribution in [0, 0.1) is 20.8 Å². The number of carbonyl (C=O) groups excluding carboxylic acids is 1. The van der Waals surface area contributed by atoms with Crippen molar-refractivity contribution in [2.24, 2.45) is 0 Å². The zero-order valence-electron chi connectivity index (χ0n) is 19.2. The van der Waals surface area contributed by atoms with Crippen molar-refractivity contribution in [2.45, 2.75) is 75.3 Å². The van der Waals surface area contributed by atoms with Crippen molar-refractivity contribution in [3.05, 3.63) is 63.6 Å². The van der Waals surface area contributed by atoms with Gasteiger partial charge >= 0.3 is 0 Å². The molecule has 0 spiro atoms. The van der Waals surface area contributed by atoms with Gasteiger partial charge in [0, 0.05) is 17.9 Å². The molecule has 0 bridgehead atoms. The van der Waals surface area contributed by atoms with Crippen molar-refractivity contribution in [1.82, 2.24) is 14.9 Å². The van der Waals surface area contributed by atoms with Crippen molar-refractivity contribution in [2.75, 3.05) is 0 Å². The minimum atomic E-state index is -4.10. The van der Waals surface area contributed by atoms with Crippen molar-refractivity contribution in [3.8, 4) is 0 Å². The SMILES string of the molecule is Cc1ccc(S(=O)(=O)c2cn(CC(=O)NC3CCCCC3)c3nc(C)ccc3c2=O)c(C)c1. The standard InChI is InChI=1S/C25H29N3O4S/c1-16-9-12-21(17(2)13-16)33(31,32)22-14-28(15-23(29)27-19-7-5-4-6-8-19)25-20(24(22)30)11-10-18(3)26-25/h9-14,19H,4-8,15H2,1-3H3,(H,27,29). The van der Waals surface area contributed by atoms with E-state index in [-0.39, 0.29) is 33.7 Å². The molecule has 1 aromatic carbocycles. The first-order valence-electron chi connectivity index (χ1n) is 11.3. The highest BCUT2D eigenvalue weighted by molar-refractivity contribution is 7.91. The summed E-state index contributed by atoms with van der Waals surface area (Å²) >= 11 is 0. The molecule has 4 rings (SSSR count). The molecule has 1 fully saturated rings. The third kappa shape index (κ3) is 4.71. The van der Waals surface area contributed by atoms with Gasteiger partial charge in [-0.25, -0.2) is 13.4 Å². The van der Waals surface area contributed by atoms with E-state index in [0.29, 0.717) is 16.9 Å². The van der Waals surface area contributed by atoms with Gasteiger partial charge in [0.1, 0.15) is 17.1 Å². The molecule has 1 N–H and O–H groups in total. The lowest BCUT2D eigenvalue weighted by molar-refractivity contribution is -0.122. The van der Waals surface area contributed by atoms with Crippen LogP contribution in [0.3, 0.4) is 0 Å². The quantitative estimate of drug-likeness (QED) is 0.618. The number of aromatic nitrogens is 2. The number of hydrogen-bond donors (Lipinski definition) is 1. The second kappa shape index (κ2) is 9.09. The van der Waals surface area contributed by atoms with E-state index < -0.39 is 15.3 Å². The molecule has 8 heteroatoms. The number of aryl methyl sites for hydroxylation is 3. The van der Waals surface area contributed by atoms with Crippen LogP contribution in [0.4, 0.5) is 0 Å². The molecule has 3 aromatic rings. The van der Waals surface area contributed by atoms with Crippen LogP contribution in [0.5, 0.6) is 0 Å². The van der Waals surface area contributed by atoms with Crippen LogP contribution in [-0.2, 0) is 21.2 Å². The summed E-state index contributed by atoms with van der Waals surface area (Å²) in [6.07, 6.45) is 6.52. The van der Waals surface area contributed by atoms with Crippen LogP contribution in [0.2, 0.25) is 0 Å². The number of rotatable bonds is 5. The number of pyridine rings is 2. The molecule has 0 atom stereocenters. The maximum Gasteiger partial charge on any atom is 0.240 e. The fourth-order valence-electron chi connectivity index (χ4n) is 4.54. The molecule has 0 radical (unpaired) electrons. The van der Waals surface area contributed by atoms with Gasteiger partial charge in [-0.1, -0.05) is 37.0 Å². The van der Waals surface area contributed by atoms with E-state index in [1.807, 2.05) is 6.92 Å². The molecule has 1 amide bonds. The first-order chi connectivity index (χ1) is 15.7. The third-order valence-corrected chi connectivity index (χ3v) is 8.13. The first-order valence-corrected chi connectivity index (χ1v) is 12.8. The minimum Gasteiger partial charge on any atom is -0.352 e. The molecule has 1 aliphatic carbocycles. The Balaban J connectivity index is 1.81. The van der Waals surface area contributed by atoms with Crippen molar-refractivity contribution in [3.63, 3.8) is 0 Å². The Morgan fingerprint density at radius 3 is 2.48 bits per heavy atom. The molecule has 2 aromatic heterocycles. The molecule has 0 saturated heterocycles. The Kier molecular flexibility index (Phi) is 6.38. The van der Waals surface area contributed by atoms with E-state index >= 15 is 0 Å². The largest absolute Gasteiger partial charge is 0.352 e. The van der Waals surface area contributed by atoms with Crippen molar-refractivity contribution >= 4 is 26.8 Å². The fourth-order valence-corrected chi connectivity index (χ4v) is 6.13. The summed E-state index contributed by atoms with van der Waals surface area (Å²) in [6, 6.07) is 8.39. The Hall–Kier alpha value is -3.00. The van der Waals surface area contributed by atoms with Crippen molar-refractivity contribution in [1.29, 1.82) is 0 Å². The number of hydrogen-bond acceptors (Lipinski definition) is 5. The van der Waals surface area contributed by atoms with Crippen LogP contribution >= 0.6 is 0 Å². The Morgan fingerprint density at radius 1 is 1.06 bits per heavy atom. The van der Waals surface area contributed by atoms with Crippen LogP contribution in [0.1, 0.15) is 48.9 Å². The molecular weight excluding hydrogens is 438 g/mol. The van der Waals surface area contributed by atoms with Crippen LogP contribution < -0.4 is 10.7 Å². The molecule has 2 heterocycles. The molecular formula is C25H29N3O4S. The number of sulfone groups is 1. The first kappa shape index (κ1) is 23.2. The highest BCUT2D eigenvalue weighted by Crippen LogP contribution is 2.24. The summed E-state index contributed by atoms with van der Waals surface area (Å²) < 4.78 is 28.5. The Bertz CT molecular complexity index is 1390. The monoisotopic (exact) mass is 467 g/mol. The summed E-state index contributed by atoms with van der Waals surface area (Å²) in [4.78, 5) is 30.3. The molecule has 1 saturated carbocycles. The highest BCUT2D eigenvalue weighted by Gasteiger charge is 2.26. The fraction of sp³-hybridized carbons (Fsp3) is 0.400. The van der Waals surface area contributed by atoms with Gasteiger partial charge in [-0.05, 0) is 57.4 Å². The van der Waals surface area contributed by atoms with Gasteiger partial charge in [0.25, 0.3) is 0 Å². The average Bonchev–Trinajstić information content (AvgIpc) is 2.76. The lowest BCUT2D eigenvalue weighted by Gasteiger charge is -2.23. The number of carbonyl (C=O) groups is 1. The predicted molar refractivity (Wildman–Crippen MR) is 127 cm³/mol. The van der Waals surface area contributed by atoms with Crippen LogP contribution in [-0.4, -0.2) is 29.9 Å². The van der Waals surface area contributed by atoms with E-state index in [4.69, 9.17) is 0 Å². The summed E-state index contributed by atoms with van der Waals surface area (Å²) in [7, 11) is -4.10. The lowest BCUT2D eigenvalue weighted by Crippen LogP contribution is -2.38. The zero-order chi connectivity index (χ0) is 23.8. The number of amides is 1. The summed E-state index contributed by atoms with van der Waals surface area (Å²) in [5, 5.41) is 3.23. The lowest BCUT2D eigenvalue weighted by atomic mass is 9.95. The second-order valence-corrected chi connectivity index (χ2v) is 10.8. The van der Waals surface area contributed by atoms with Gasteiger partial charge in [0.05, 0.1) is 10.3 Å². The summed E-state index contributed by atoms with van der Waals surface area (Å²) in [6.45, 7) is 5.27. The summed E-state index contributed by atoms with van der Waals surface area (Å²) in [5.74, 6) is -0.218. The molecule has 33 heavy (non-hydrogen) atoms. The van der Waals surface area contributed by atoms with Gasteiger partial charge in [0.15, 0.2) is 0 Å². The zero-order valence-corrected chi connectivity index (χ0v) is 20.0. The van der Waals surface area contributed by atoms with Gasteiger partial charge in [-0.3, -0.25) is 9.59 Å². The molecule has 0 unspecified atom stereocenters. The van der Waals surface area contributed by atoms with Crippen LogP contribution in [0.15, 0.2) is 51.1 Å². The van der Waals surface area contributed by atoms with Crippen molar-refractivity contribution < 1.29 is 13.2 Å². The second-order valence-electron chi connectivity index (χ2n) is 8.95. The smallest absolute Gasteiger partial charge is 0.240 e. The van der Waals surface area contributed by atoms with E-state index in [1.54, 1.807) is 38.1 Å². The average molecular weight is 468 g/mol. The molecule has 174 valence electrons. The van der Waals surface area contributed by atoms with Gasteiger partial charge in [-0.2, -0.15) is 0 Å². The predicted octanol–water partition coefficient (Wildman–Crippen LogP) is 3.60. The minimum absolute atomic E-state index is 0.0860. The summed E-state index contributed by atoms with van der Waals surface area (Å²) in [5.41, 5.74) is 1.87. The van der Waals surface area contributed by atoms with E-state index in [1.165, 1.54) is 23.3 Å². The van der Waals surface area contributed by atoms with Gasteiger partial charge in [0.2, 0.25) is 21.2 Å². The number of nitrogens with one attached hydrogen (secondary N) is 1. The third-order valence-electron chi connectivity index (χ3n) is 6.22. The number of fused-ring (bicyclic) bond motifs is 1. The van der Waals surface area contributed by atoms with Crippen LogP contribution in [0.25, 0.3) is 11.0 Å². The van der Waals surface area contributed by atoms with E-state index in [9.17, 15) is 18.0 Å². The number of benzene rings is 1. The van der Waals surface area contributed by atoms with E-state index in [2.05, 4.69) is 10.3 Å². The Labute approximate surface area is 193 Å². The topological polar surface area (TPSA) is 98.1 Å². The van der Waals surface area contributed by atoms with Gasteiger partial charge < -0.3 is 9.88 Å². The normalized spacial score (nSPS) is 15.0. The molecule has 7 nitrogen and oxygen atoms in total. The highest BCUT2D eigenvalue weighted by atomic mass is 32.2. The Morgan fingerprint density at radius 2 is 1.79 bits per heavy atom. The molecule has 1 aliphatic rings.